The first-order chi connectivity index (χ1) is 14.2. The molecular weight excluding hydrogens is 524 g/mol. The molecule has 0 aliphatic rings. The second-order valence-corrected chi connectivity index (χ2v) is 7.17. The smallest absolute Gasteiger partial charge is 1.00 e. The molecular formula is C22H20BrClMgN4S2. The number of hydrogen-bond donors (Lipinski definition) is 0. The molecule has 0 atom stereocenters. The molecule has 0 aliphatic carbocycles. The van der Waals surface area contributed by atoms with Crippen molar-refractivity contribution in [2.24, 2.45) is 0 Å². The minimum atomic E-state index is 0. The van der Waals surface area contributed by atoms with Gasteiger partial charge in [0.15, 0.2) is 10.3 Å². The third kappa shape index (κ3) is 12.5. The van der Waals surface area contributed by atoms with Gasteiger partial charge in [0, 0.05) is 18.0 Å². The molecule has 0 spiro atoms. The molecule has 4 aromatic rings. The summed E-state index contributed by atoms with van der Waals surface area (Å²) >= 11 is 8.59. The van der Waals surface area contributed by atoms with E-state index in [2.05, 4.69) is 26.0 Å². The van der Waals surface area contributed by atoms with Crippen molar-refractivity contribution in [3.8, 4) is 11.3 Å². The fraction of sp³-hybridized carbons (Fsp3) is 0.0909. The van der Waals surface area contributed by atoms with Crippen LogP contribution in [0.5, 0.6) is 0 Å². The molecule has 0 saturated carbocycles. The van der Waals surface area contributed by atoms with Crippen molar-refractivity contribution in [3.05, 3.63) is 96.4 Å². The molecule has 0 N–H and O–H groups in total. The number of thioether (sulfide) groups is 2. The Kier molecular flexibility index (Phi) is 17.7. The minimum Gasteiger partial charge on any atom is -1.00 e. The van der Waals surface area contributed by atoms with E-state index < -0.39 is 0 Å². The van der Waals surface area contributed by atoms with Gasteiger partial charge in [-0.05, 0) is 24.6 Å². The third-order valence-corrected chi connectivity index (χ3v) is 4.61. The van der Waals surface area contributed by atoms with Crippen molar-refractivity contribution in [2.75, 3.05) is 12.5 Å². The largest absolute Gasteiger partial charge is 2.00 e. The predicted molar refractivity (Wildman–Crippen MR) is 129 cm³/mol. The summed E-state index contributed by atoms with van der Waals surface area (Å²) in [5.41, 5.74) is 2.11. The summed E-state index contributed by atoms with van der Waals surface area (Å²) in [4.78, 5) is 16.4. The van der Waals surface area contributed by atoms with Crippen LogP contribution in [0.25, 0.3) is 11.3 Å². The van der Waals surface area contributed by atoms with Gasteiger partial charge in [0.05, 0.1) is 5.69 Å². The van der Waals surface area contributed by atoms with Gasteiger partial charge in [0.1, 0.15) is 5.15 Å². The van der Waals surface area contributed by atoms with Crippen LogP contribution in [0.1, 0.15) is 0 Å². The fourth-order valence-corrected chi connectivity index (χ4v) is 2.87. The summed E-state index contributed by atoms with van der Waals surface area (Å²) in [6.07, 6.45) is 7.32. The van der Waals surface area contributed by atoms with E-state index in [1.807, 2.05) is 79.2 Å². The maximum atomic E-state index is 5.56. The van der Waals surface area contributed by atoms with E-state index >= 15 is 0 Å². The van der Waals surface area contributed by atoms with Gasteiger partial charge in [0.25, 0.3) is 0 Å². The summed E-state index contributed by atoms with van der Waals surface area (Å²) < 4.78 is 0. The zero-order valence-corrected chi connectivity index (χ0v) is 22.5. The van der Waals surface area contributed by atoms with Crippen molar-refractivity contribution in [1.29, 1.82) is 0 Å². The van der Waals surface area contributed by atoms with Crippen LogP contribution in [0.2, 0.25) is 5.15 Å². The molecule has 2 aromatic heterocycles. The van der Waals surface area contributed by atoms with Crippen molar-refractivity contribution in [1.82, 2.24) is 19.9 Å². The van der Waals surface area contributed by atoms with Gasteiger partial charge in [-0.1, -0.05) is 65.5 Å². The number of halogens is 2. The first-order valence-electron chi connectivity index (χ1n) is 8.59. The normalized spacial score (nSPS) is 8.87. The molecule has 4 rings (SSSR count). The Morgan fingerprint density at radius 1 is 0.742 bits per heavy atom. The first kappa shape index (κ1) is 29.8. The second kappa shape index (κ2) is 18.4. The molecule has 0 bridgehead atoms. The van der Waals surface area contributed by atoms with Crippen LogP contribution in [0.4, 0.5) is 0 Å². The molecule has 2 aromatic carbocycles. The Labute approximate surface area is 224 Å². The first-order valence-corrected chi connectivity index (χ1v) is 11.4. The number of rotatable bonds is 3. The van der Waals surface area contributed by atoms with E-state index in [9.17, 15) is 0 Å². The predicted octanol–water partition coefficient (Wildman–Crippen LogP) is 2.83. The average molecular weight is 544 g/mol. The van der Waals surface area contributed by atoms with E-state index in [4.69, 9.17) is 11.6 Å². The van der Waals surface area contributed by atoms with Crippen LogP contribution < -0.4 is 17.0 Å². The number of nitrogens with zero attached hydrogens (tertiary/aromatic N) is 4. The summed E-state index contributed by atoms with van der Waals surface area (Å²) in [6, 6.07) is 26.2. The molecule has 31 heavy (non-hydrogen) atoms. The Morgan fingerprint density at radius 2 is 1.29 bits per heavy atom. The third-order valence-electron chi connectivity index (χ3n) is 3.27. The topological polar surface area (TPSA) is 51.6 Å². The molecule has 0 saturated heterocycles. The molecule has 2 heterocycles. The summed E-state index contributed by atoms with van der Waals surface area (Å²) in [5.74, 6) is 0. The van der Waals surface area contributed by atoms with Crippen molar-refractivity contribution >= 4 is 58.2 Å². The van der Waals surface area contributed by atoms with E-state index in [-0.39, 0.29) is 40.0 Å². The second-order valence-electron chi connectivity index (χ2n) is 5.24. The average Bonchev–Trinajstić information content (AvgIpc) is 2.81. The molecule has 0 fully saturated rings. The van der Waals surface area contributed by atoms with Crippen LogP contribution in [-0.2, 0) is 0 Å². The fourth-order valence-electron chi connectivity index (χ4n) is 1.97. The summed E-state index contributed by atoms with van der Waals surface area (Å²) in [5, 5.41) is 2.02. The van der Waals surface area contributed by atoms with E-state index in [1.165, 1.54) is 11.8 Å². The number of hydrogen-bond acceptors (Lipinski definition) is 6. The number of benzene rings is 2. The molecule has 0 aliphatic heterocycles. The van der Waals surface area contributed by atoms with E-state index in [0.29, 0.717) is 10.3 Å². The van der Waals surface area contributed by atoms with Crippen LogP contribution >= 0.6 is 35.1 Å². The monoisotopic (exact) mass is 542 g/mol. The molecule has 9 heteroatoms. The van der Waals surface area contributed by atoms with Gasteiger partial charge < -0.3 is 17.0 Å². The SMILES string of the molecule is CSc1nccc(-c2ccccc2)n1.CSc1nccc(Cl)n1.[Br-].[Mg+2].[c-]1ccccc1. The quantitative estimate of drug-likeness (QED) is 0.130. The van der Waals surface area contributed by atoms with Gasteiger partial charge in [-0.15, -0.1) is 0 Å². The summed E-state index contributed by atoms with van der Waals surface area (Å²) in [6.45, 7) is 0. The molecule has 0 radical (unpaired) electrons. The Bertz CT molecular complexity index is 943. The zero-order valence-electron chi connectivity index (χ0n) is 17.2. The van der Waals surface area contributed by atoms with E-state index in [1.54, 1.807) is 30.2 Å². The van der Waals surface area contributed by atoms with Crippen LogP contribution in [-0.4, -0.2) is 55.5 Å². The Morgan fingerprint density at radius 3 is 1.74 bits per heavy atom. The van der Waals surface area contributed by atoms with Crippen molar-refractivity contribution < 1.29 is 17.0 Å². The maximum absolute atomic E-state index is 5.56. The molecule has 0 unspecified atom stereocenters. The Hall–Kier alpha value is -1.16. The van der Waals surface area contributed by atoms with Crippen LogP contribution in [0.3, 0.4) is 0 Å². The van der Waals surface area contributed by atoms with Gasteiger partial charge in [-0.2, -0.15) is 36.4 Å². The zero-order chi connectivity index (χ0) is 20.7. The Balaban J connectivity index is 0.000000459. The minimum absolute atomic E-state index is 0. The molecule has 4 nitrogen and oxygen atoms in total. The van der Waals surface area contributed by atoms with Crippen LogP contribution in [0.15, 0.2) is 95.5 Å². The molecule has 156 valence electrons. The standard InChI is InChI=1S/C11H10N2S.C6H5.C5H5ClN2S.BrH.Mg/c1-14-11-12-8-7-10(13-11)9-5-3-2-4-6-9;1-2-4-6-5-3-1;1-9-5-7-3-2-4(6)8-5;;/h2-8H,1H3;1-5H;2-3H,1H3;1H;/q;-1;;;+2/p-1. The summed E-state index contributed by atoms with van der Waals surface area (Å²) in [7, 11) is 0. The van der Waals surface area contributed by atoms with Crippen molar-refractivity contribution in [3.63, 3.8) is 0 Å². The van der Waals surface area contributed by atoms with Gasteiger partial charge in [-0.25, -0.2) is 19.9 Å². The van der Waals surface area contributed by atoms with Gasteiger partial charge in [-0.3, -0.25) is 0 Å². The molecule has 0 amide bonds. The van der Waals surface area contributed by atoms with Crippen molar-refractivity contribution in [2.45, 2.75) is 10.3 Å². The maximum Gasteiger partial charge on any atom is 2.00 e. The van der Waals surface area contributed by atoms with Gasteiger partial charge in [0.2, 0.25) is 0 Å². The number of aromatic nitrogens is 4. The van der Waals surface area contributed by atoms with Gasteiger partial charge >= 0.3 is 23.1 Å². The van der Waals surface area contributed by atoms with Crippen LogP contribution in [0, 0.1) is 6.07 Å². The van der Waals surface area contributed by atoms with E-state index in [0.717, 1.165) is 16.4 Å².